The highest BCUT2D eigenvalue weighted by Gasteiger charge is 2.76. The third-order valence-corrected chi connectivity index (χ3v) is 30.2. The van der Waals surface area contributed by atoms with Gasteiger partial charge in [-0.05, 0) is 346 Å². The zero-order valence-electron chi connectivity index (χ0n) is 54.9. The molecular formula is C88H44N4O9. The molecule has 4 aliphatic carbocycles. The number of benzene rings is 19. The first-order valence-electron chi connectivity index (χ1n) is 36.4. The molecule has 0 saturated carbocycles. The molecule has 1 unspecified atom stereocenters. The molecule has 1 atom stereocenters. The first-order chi connectivity index (χ1) is 49.6. The predicted molar refractivity (Wildman–Crippen MR) is 406 cm³/mol. The Morgan fingerprint density at radius 1 is 0.416 bits per heavy atom. The second kappa shape index (κ2) is 12.8. The van der Waals surface area contributed by atoms with Crippen LogP contribution < -0.4 is 24.8 Å². The SMILES string of the molecule is COc1cc2cc(C(=O)NCCOCCOCCN3CC45c6c7c8c9c%10c%11c(c%12c%13c4c4c6c6c%14c7c7c8c8c%10c%10c%15c%11c%11c%12c%12c%13c%13c4c4c6c6c%14c%14c7c7c8c%10c8c%10c%15c%11c%11c%12c%12c%13c4c4c6c6c%14c7c8c7c%10c%11c%12c4c67)C95C3COCCNC(=O)OC(C)(C)C)[nH]c2c(OC)c1OC. The fourth-order valence-corrected chi connectivity index (χ4v) is 29.0. The summed E-state index contributed by atoms with van der Waals surface area (Å²) in [4.78, 5) is 33.2. The van der Waals surface area contributed by atoms with E-state index in [1.165, 1.54) is 0 Å². The van der Waals surface area contributed by atoms with Crippen molar-refractivity contribution < 1.29 is 42.7 Å². The number of fused-ring (bicyclic) bond motifs is 1. The number of hydrogen-bond donors (Lipinski definition) is 3. The van der Waals surface area contributed by atoms with Gasteiger partial charge in [0.05, 0.1) is 77.3 Å². The third kappa shape index (κ3) is 3.50. The highest BCUT2D eigenvalue weighted by atomic mass is 16.6. The average Bonchev–Trinajstić information content (AvgIpc) is 1.38. The maximum absolute atomic E-state index is 13.6. The molecule has 1 saturated heterocycles. The van der Waals surface area contributed by atoms with Crippen LogP contribution >= 0.6 is 0 Å². The lowest BCUT2D eigenvalue weighted by atomic mass is 9.48. The quantitative estimate of drug-likeness (QED) is 0.0561. The van der Waals surface area contributed by atoms with E-state index < -0.39 is 22.5 Å². The van der Waals surface area contributed by atoms with E-state index in [2.05, 4.69) is 20.5 Å². The number of carbonyl (C=O) groups is 2. The normalized spacial score (nSPS) is 20.2. The number of aromatic amines is 1. The monoisotopic (exact) mass is 1300 g/mol. The largest absolute Gasteiger partial charge is 0.493 e. The summed E-state index contributed by atoms with van der Waals surface area (Å²) in [6.45, 7) is 10.4. The molecule has 101 heavy (non-hydrogen) atoms. The lowest BCUT2D eigenvalue weighted by Gasteiger charge is -2.52. The molecule has 13 nitrogen and oxygen atoms in total. The van der Waals surface area contributed by atoms with Crippen LogP contribution in [-0.4, -0.2) is 121 Å². The fourth-order valence-electron chi connectivity index (χ4n) is 29.0. The summed E-state index contributed by atoms with van der Waals surface area (Å²) in [6, 6.07) is 3.51. The van der Waals surface area contributed by atoms with Crippen LogP contribution in [0, 0.1) is 0 Å². The Bertz CT molecular complexity index is 8500. The summed E-state index contributed by atoms with van der Waals surface area (Å²) in [7, 11) is 4.73. The molecule has 1 aliphatic heterocycles. The minimum Gasteiger partial charge on any atom is -0.493 e. The Morgan fingerprint density at radius 2 is 0.752 bits per heavy atom. The number of methoxy groups -OCH3 is 3. The first kappa shape index (κ1) is 47.3. The Labute approximate surface area is 561 Å². The number of nitrogens with one attached hydrogen (secondary N) is 3. The number of aromatic nitrogens is 1. The van der Waals surface area contributed by atoms with Gasteiger partial charge in [-0.25, -0.2) is 4.79 Å². The molecule has 5 aliphatic rings. The van der Waals surface area contributed by atoms with Crippen molar-refractivity contribution >= 4 is 314 Å². The number of amides is 2. The Kier molecular flexibility index (Phi) is 5.97. The summed E-state index contributed by atoms with van der Waals surface area (Å²) >= 11 is 0. The molecule has 2 amide bonds. The molecular weight excluding hydrogens is 1260 g/mol. The van der Waals surface area contributed by atoms with Crippen molar-refractivity contribution in [3.8, 4) is 17.2 Å². The zero-order chi connectivity index (χ0) is 64.3. The molecule has 30 aromatic rings. The van der Waals surface area contributed by atoms with Gasteiger partial charge in [0.15, 0.2) is 11.5 Å². The Balaban J connectivity index is 0.634. The van der Waals surface area contributed by atoms with Crippen LogP contribution in [0.25, 0.3) is 302 Å². The first-order valence-corrected chi connectivity index (χ1v) is 36.4. The number of rotatable bonds is 18. The van der Waals surface area contributed by atoms with Crippen molar-refractivity contribution in [2.75, 3.05) is 87.1 Å². The van der Waals surface area contributed by atoms with Gasteiger partial charge >= 0.3 is 6.09 Å². The van der Waals surface area contributed by atoms with Crippen LogP contribution in [0.5, 0.6) is 17.2 Å². The van der Waals surface area contributed by atoms with Gasteiger partial charge < -0.3 is 48.8 Å². The number of likely N-dealkylation sites (tertiary alicyclic amines) is 1. The van der Waals surface area contributed by atoms with E-state index in [-0.39, 0.29) is 11.9 Å². The molecule has 1 aromatic heterocycles. The van der Waals surface area contributed by atoms with Crippen molar-refractivity contribution in [3.63, 3.8) is 0 Å². The minimum atomic E-state index is -0.624. The standard InChI is InChI=1S/C88H44N4O9/c1-86(2,3)101-85(94)90-8-11-100-17-22-88-79-73-67-57-45-37-29-25-23-24-27-31(29)39(45)49-43-35(27)36-28(24)32-30-26(23)34-33(25)41-47(37)55-61-51(41)52-42(34)48-38(30)46-40(32)50-44(36)54-53(43)65(59(49)67)75(79)76-66(54)60(50)68-58(46)64-56(48)62(52)70-69(61)77(71(73)63(55)57)87(88,78(70)72(64)74(68)80(76)88)18-92(22)9-12-99-14-13-98-10-7-89-84(93)20-15-19-16-21(95-4)82(96-5)83(97-6)81(19)91-20/h15-16,22,91H,7-14,17-18H2,1-6H3,(H,89,93)(H,90,94). The van der Waals surface area contributed by atoms with Crippen molar-refractivity contribution in [2.24, 2.45) is 0 Å². The van der Waals surface area contributed by atoms with E-state index in [1.54, 1.807) is 341 Å². The molecule has 1 fully saturated rings. The number of carbonyl (C=O) groups excluding carboxylic acids is 2. The highest BCUT2D eigenvalue weighted by molar-refractivity contribution is 6.82. The molecule has 2 heterocycles. The van der Waals surface area contributed by atoms with Crippen LogP contribution in [0.15, 0.2) is 12.1 Å². The molecule has 2 spiro atoms. The smallest absolute Gasteiger partial charge is 0.407 e. The number of H-pyrrole nitrogens is 1. The van der Waals surface area contributed by atoms with Gasteiger partial charge in [-0.15, -0.1) is 0 Å². The van der Waals surface area contributed by atoms with Gasteiger partial charge in [-0.3, -0.25) is 9.69 Å². The van der Waals surface area contributed by atoms with Crippen LogP contribution in [-0.2, 0) is 29.8 Å². The summed E-state index contributed by atoms with van der Waals surface area (Å²) in [6.07, 6.45) is -0.424. The maximum atomic E-state index is 13.6. The third-order valence-electron chi connectivity index (χ3n) is 30.2. The van der Waals surface area contributed by atoms with Crippen molar-refractivity contribution in [2.45, 2.75) is 43.2 Å². The van der Waals surface area contributed by atoms with Gasteiger partial charge in [0.1, 0.15) is 11.3 Å². The topological polar surface area (TPSA) is 142 Å². The number of alkyl carbamates (subject to hydrolysis) is 1. The van der Waals surface area contributed by atoms with Gasteiger partial charge in [0, 0.05) is 37.6 Å². The van der Waals surface area contributed by atoms with Gasteiger partial charge in [-0.1, -0.05) is 0 Å². The van der Waals surface area contributed by atoms with Crippen molar-refractivity contribution in [1.29, 1.82) is 0 Å². The van der Waals surface area contributed by atoms with E-state index in [4.69, 9.17) is 33.2 Å². The zero-order valence-corrected chi connectivity index (χ0v) is 54.9. The number of hydrogen-bond acceptors (Lipinski definition) is 10. The predicted octanol–water partition coefficient (Wildman–Crippen LogP) is 18.5. The van der Waals surface area contributed by atoms with Crippen LogP contribution in [0.3, 0.4) is 0 Å². The summed E-state index contributed by atoms with van der Waals surface area (Å²) in [5.74, 6) is 1.20. The summed E-state index contributed by atoms with van der Waals surface area (Å²) in [5.41, 5.74) is 5.87. The summed E-state index contributed by atoms with van der Waals surface area (Å²) in [5, 5.41) is 92.4. The highest BCUT2D eigenvalue weighted by Crippen LogP contribution is 2.86. The minimum absolute atomic E-state index is 0.120. The second-order valence-electron chi connectivity index (χ2n) is 33.7. The van der Waals surface area contributed by atoms with Crippen molar-refractivity contribution in [3.05, 3.63) is 40.1 Å². The molecule has 470 valence electrons. The van der Waals surface area contributed by atoms with Crippen LogP contribution in [0.4, 0.5) is 4.79 Å². The Hall–Kier alpha value is -10.8. The number of nitrogens with zero attached hydrogens (tertiary/aromatic N) is 1. The lowest BCUT2D eigenvalue weighted by Crippen LogP contribution is -2.56. The molecule has 35 rings (SSSR count). The Morgan fingerprint density at radius 3 is 1.11 bits per heavy atom. The van der Waals surface area contributed by atoms with E-state index in [0.29, 0.717) is 87.7 Å². The van der Waals surface area contributed by atoms with E-state index in [1.807, 2.05) is 26.8 Å². The van der Waals surface area contributed by atoms with Crippen molar-refractivity contribution in [1.82, 2.24) is 20.5 Å². The fraction of sp³-hybridized carbons (Fsp3) is 0.227. The van der Waals surface area contributed by atoms with Crippen LogP contribution in [0.2, 0.25) is 0 Å². The summed E-state index contributed by atoms with van der Waals surface area (Å²) < 4.78 is 43.3. The van der Waals surface area contributed by atoms with Crippen LogP contribution in [0.1, 0.15) is 53.5 Å². The molecule has 29 aromatic carbocycles. The van der Waals surface area contributed by atoms with E-state index >= 15 is 0 Å². The van der Waals surface area contributed by atoms with E-state index in [9.17, 15) is 9.59 Å². The molecule has 0 radical (unpaired) electrons. The van der Waals surface area contributed by atoms with Gasteiger partial charge in [-0.2, -0.15) is 0 Å². The molecule has 0 bridgehead atoms. The molecule has 13 heteroatoms. The molecule has 3 N–H and O–H groups in total. The van der Waals surface area contributed by atoms with E-state index in [0.717, 1.165) is 11.9 Å². The second-order valence-corrected chi connectivity index (χ2v) is 33.7. The average molecular weight is 1300 g/mol. The lowest BCUT2D eigenvalue weighted by molar-refractivity contribution is 0.0222. The number of ether oxygens (including phenoxy) is 7. The maximum Gasteiger partial charge on any atom is 0.407 e. The van der Waals surface area contributed by atoms with Gasteiger partial charge in [0.25, 0.3) is 5.91 Å². The van der Waals surface area contributed by atoms with Gasteiger partial charge in [0.2, 0.25) is 5.75 Å².